The first-order chi connectivity index (χ1) is 13.5. The van der Waals surface area contributed by atoms with E-state index in [1.165, 1.54) is 30.7 Å². The van der Waals surface area contributed by atoms with E-state index >= 15 is 0 Å². The Balaban J connectivity index is 1.57. The highest BCUT2D eigenvalue weighted by Gasteiger charge is 2.13. The van der Waals surface area contributed by atoms with Gasteiger partial charge in [0.15, 0.2) is 11.5 Å². The number of halogens is 2. The molecule has 2 aromatic heterocycles. The largest absolute Gasteiger partial charge is 0.459 e. The lowest BCUT2D eigenvalue weighted by Crippen LogP contribution is -2.36. The molecule has 8 nitrogen and oxygen atoms in total. The van der Waals surface area contributed by atoms with Gasteiger partial charge >= 0.3 is 12.6 Å². The highest BCUT2D eigenvalue weighted by molar-refractivity contribution is 6.02. The Morgan fingerprint density at radius 2 is 1.93 bits per heavy atom. The zero-order valence-corrected chi connectivity index (χ0v) is 14.4. The lowest BCUT2D eigenvalue weighted by molar-refractivity contribution is -0.0489. The molecular weight excluding hydrogens is 374 g/mol. The van der Waals surface area contributed by atoms with Crippen LogP contribution in [0.3, 0.4) is 0 Å². The van der Waals surface area contributed by atoms with Gasteiger partial charge in [-0.15, -0.1) is 0 Å². The molecule has 0 aliphatic rings. The number of anilines is 1. The molecule has 0 aliphatic heterocycles. The summed E-state index contributed by atoms with van der Waals surface area (Å²) in [6, 6.07) is 8.58. The van der Waals surface area contributed by atoms with Gasteiger partial charge in [0.2, 0.25) is 0 Å². The maximum atomic E-state index is 12.5. The SMILES string of the molecule is O=C(NCCNC(=O)c1ccco1)Nc1ccc(OC(F)F)c2ncccc12. The molecule has 3 amide bonds. The molecule has 3 aromatic rings. The third-order valence-electron chi connectivity index (χ3n) is 3.64. The van der Waals surface area contributed by atoms with E-state index in [0.29, 0.717) is 11.1 Å². The van der Waals surface area contributed by atoms with Crippen molar-refractivity contribution in [3.63, 3.8) is 0 Å². The molecule has 0 unspecified atom stereocenters. The van der Waals surface area contributed by atoms with E-state index in [0.717, 1.165) is 0 Å². The van der Waals surface area contributed by atoms with E-state index in [4.69, 9.17) is 4.42 Å². The number of alkyl halides is 2. The van der Waals surface area contributed by atoms with Gasteiger partial charge in [0, 0.05) is 24.7 Å². The van der Waals surface area contributed by atoms with Crippen LogP contribution in [-0.4, -0.2) is 36.6 Å². The average Bonchev–Trinajstić information content (AvgIpc) is 3.21. The third-order valence-corrected chi connectivity index (χ3v) is 3.64. The number of benzene rings is 1. The zero-order valence-electron chi connectivity index (χ0n) is 14.4. The van der Waals surface area contributed by atoms with E-state index in [9.17, 15) is 18.4 Å². The van der Waals surface area contributed by atoms with Crippen molar-refractivity contribution >= 4 is 28.5 Å². The van der Waals surface area contributed by atoms with Gasteiger partial charge in [0.05, 0.1) is 12.0 Å². The highest BCUT2D eigenvalue weighted by Crippen LogP contribution is 2.30. The Labute approximate surface area is 157 Å². The van der Waals surface area contributed by atoms with E-state index in [1.807, 2.05) is 0 Å². The first-order valence-electron chi connectivity index (χ1n) is 8.23. The molecule has 0 spiro atoms. The molecular formula is C18H16F2N4O4. The van der Waals surface area contributed by atoms with E-state index < -0.39 is 12.6 Å². The number of urea groups is 1. The van der Waals surface area contributed by atoms with Crippen LogP contribution in [0, 0.1) is 0 Å². The molecule has 2 heterocycles. The smallest absolute Gasteiger partial charge is 0.387 e. The van der Waals surface area contributed by atoms with Crippen molar-refractivity contribution in [1.82, 2.24) is 15.6 Å². The van der Waals surface area contributed by atoms with Crippen LogP contribution >= 0.6 is 0 Å². The molecule has 146 valence electrons. The molecule has 0 bridgehead atoms. The van der Waals surface area contributed by atoms with Gasteiger partial charge in [-0.3, -0.25) is 9.78 Å². The Kier molecular flexibility index (Phi) is 6.00. The molecule has 0 saturated heterocycles. The fourth-order valence-electron chi connectivity index (χ4n) is 2.46. The molecule has 0 atom stereocenters. The standard InChI is InChI=1S/C18H16F2N4O4/c19-17(20)28-13-6-5-12(11-3-1-7-21-15(11)13)24-18(26)23-9-8-22-16(25)14-4-2-10-27-14/h1-7,10,17H,8-9H2,(H,22,25)(H2,23,24,26). The maximum absolute atomic E-state index is 12.5. The van der Waals surface area contributed by atoms with Crippen LogP contribution in [-0.2, 0) is 0 Å². The van der Waals surface area contributed by atoms with Gasteiger partial charge in [0.25, 0.3) is 5.91 Å². The Morgan fingerprint density at radius 1 is 1.11 bits per heavy atom. The number of ether oxygens (including phenoxy) is 1. The molecule has 1 aromatic carbocycles. The van der Waals surface area contributed by atoms with Gasteiger partial charge in [-0.05, 0) is 36.4 Å². The van der Waals surface area contributed by atoms with E-state index in [-0.39, 0.29) is 36.0 Å². The van der Waals surface area contributed by atoms with Crippen LogP contribution in [0.4, 0.5) is 19.3 Å². The van der Waals surface area contributed by atoms with Crippen LogP contribution in [0.25, 0.3) is 10.9 Å². The molecule has 0 aliphatic carbocycles. The summed E-state index contributed by atoms with van der Waals surface area (Å²) in [7, 11) is 0. The lowest BCUT2D eigenvalue weighted by Gasteiger charge is -2.13. The number of fused-ring (bicyclic) bond motifs is 1. The molecule has 0 fully saturated rings. The van der Waals surface area contributed by atoms with Crippen molar-refractivity contribution in [2.75, 3.05) is 18.4 Å². The van der Waals surface area contributed by atoms with Crippen LogP contribution < -0.4 is 20.7 Å². The van der Waals surface area contributed by atoms with Crippen LogP contribution in [0.5, 0.6) is 5.75 Å². The van der Waals surface area contributed by atoms with Crippen molar-refractivity contribution in [3.05, 3.63) is 54.6 Å². The Morgan fingerprint density at radius 3 is 2.68 bits per heavy atom. The van der Waals surface area contributed by atoms with Gasteiger partial charge in [-0.2, -0.15) is 8.78 Å². The monoisotopic (exact) mass is 390 g/mol. The number of aromatic nitrogens is 1. The summed E-state index contributed by atoms with van der Waals surface area (Å²) in [6.07, 6.45) is 2.82. The predicted molar refractivity (Wildman–Crippen MR) is 96.4 cm³/mol. The van der Waals surface area contributed by atoms with Crippen molar-refractivity contribution in [2.24, 2.45) is 0 Å². The first-order valence-corrected chi connectivity index (χ1v) is 8.23. The number of amides is 3. The van der Waals surface area contributed by atoms with Crippen molar-refractivity contribution in [2.45, 2.75) is 6.61 Å². The van der Waals surface area contributed by atoms with Crippen LogP contribution in [0.15, 0.2) is 53.3 Å². The minimum atomic E-state index is -2.98. The molecule has 0 radical (unpaired) electrons. The second kappa shape index (κ2) is 8.80. The number of furan rings is 1. The number of rotatable bonds is 7. The van der Waals surface area contributed by atoms with E-state index in [1.54, 1.807) is 18.2 Å². The summed E-state index contributed by atoms with van der Waals surface area (Å²) in [5, 5.41) is 8.23. The minimum Gasteiger partial charge on any atom is -0.459 e. The second-order valence-electron chi connectivity index (χ2n) is 5.50. The van der Waals surface area contributed by atoms with Crippen molar-refractivity contribution in [1.29, 1.82) is 0 Å². The number of nitrogens with zero attached hydrogens (tertiary/aromatic N) is 1. The second-order valence-corrected chi connectivity index (χ2v) is 5.50. The normalized spacial score (nSPS) is 10.7. The van der Waals surface area contributed by atoms with Crippen LogP contribution in [0.2, 0.25) is 0 Å². The topological polar surface area (TPSA) is 105 Å². The van der Waals surface area contributed by atoms with Crippen molar-refractivity contribution < 1.29 is 27.5 Å². The van der Waals surface area contributed by atoms with Gasteiger partial charge in [0.1, 0.15) is 5.52 Å². The quantitative estimate of drug-likeness (QED) is 0.538. The predicted octanol–water partition coefficient (Wildman–Crippen LogP) is 2.98. The summed E-state index contributed by atoms with van der Waals surface area (Å²) in [4.78, 5) is 27.8. The van der Waals surface area contributed by atoms with Gasteiger partial charge in [-0.25, -0.2) is 4.79 Å². The third kappa shape index (κ3) is 4.72. The maximum Gasteiger partial charge on any atom is 0.387 e. The average molecular weight is 390 g/mol. The number of nitrogens with one attached hydrogen (secondary N) is 3. The number of carbonyl (C=O) groups is 2. The number of hydrogen-bond acceptors (Lipinski definition) is 5. The fourth-order valence-corrected chi connectivity index (χ4v) is 2.46. The summed E-state index contributed by atoms with van der Waals surface area (Å²) in [6.45, 7) is -2.62. The molecule has 3 rings (SSSR count). The van der Waals surface area contributed by atoms with Crippen molar-refractivity contribution in [3.8, 4) is 5.75 Å². The highest BCUT2D eigenvalue weighted by atomic mass is 19.3. The van der Waals surface area contributed by atoms with Gasteiger partial charge < -0.3 is 25.1 Å². The van der Waals surface area contributed by atoms with Gasteiger partial charge in [-0.1, -0.05) is 0 Å². The summed E-state index contributed by atoms with van der Waals surface area (Å²) >= 11 is 0. The minimum absolute atomic E-state index is 0.0859. The lowest BCUT2D eigenvalue weighted by atomic mass is 10.1. The fraction of sp³-hybridized carbons (Fsp3) is 0.167. The number of carbonyl (C=O) groups excluding carboxylic acids is 2. The Bertz CT molecular complexity index is 963. The van der Waals surface area contributed by atoms with E-state index in [2.05, 4.69) is 25.7 Å². The molecule has 0 saturated carbocycles. The first kappa shape index (κ1) is 19.1. The Hall–Kier alpha value is -3.69. The zero-order chi connectivity index (χ0) is 19.9. The molecule has 3 N–H and O–H groups in total. The number of hydrogen-bond donors (Lipinski definition) is 3. The van der Waals surface area contributed by atoms with Crippen LogP contribution in [0.1, 0.15) is 10.6 Å². The number of pyridine rings is 1. The summed E-state index contributed by atoms with van der Waals surface area (Å²) in [5.41, 5.74) is 0.577. The summed E-state index contributed by atoms with van der Waals surface area (Å²) < 4.78 is 34.4. The summed E-state index contributed by atoms with van der Waals surface area (Å²) in [5.74, 6) is -0.300. The molecule has 10 heteroatoms. The molecule has 28 heavy (non-hydrogen) atoms.